The van der Waals surface area contributed by atoms with Crippen molar-refractivity contribution < 1.29 is 18.8 Å². The third-order valence-corrected chi connectivity index (χ3v) is 4.26. The van der Waals surface area contributed by atoms with Crippen molar-refractivity contribution in [1.29, 1.82) is 0 Å². The number of imide groups is 1. The van der Waals surface area contributed by atoms with E-state index >= 15 is 0 Å². The molecule has 0 radical (unpaired) electrons. The number of hydrogen-bond acceptors (Lipinski definition) is 3. The Bertz CT molecular complexity index is 1040. The van der Waals surface area contributed by atoms with Crippen molar-refractivity contribution in [1.82, 2.24) is 0 Å². The van der Waals surface area contributed by atoms with Crippen molar-refractivity contribution in [3.8, 4) is 0 Å². The van der Waals surface area contributed by atoms with Gasteiger partial charge in [-0.05, 0) is 54.6 Å². The molecule has 1 N–H and O–H groups in total. The second-order valence-corrected chi connectivity index (χ2v) is 6.00. The first kappa shape index (κ1) is 16.7. The van der Waals surface area contributed by atoms with E-state index in [1.807, 2.05) is 0 Å². The van der Waals surface area contributed by atoms with Gasteiger partial charge in [-0.15, -0.1) is 0 Å². The molecule has 3 amide bonds. The van der Waals surface area contributed by atoms with Gasteiger partial charge in [0.1, 0.15) is 5.82 Å². The number of carbonyl (C=O) groups is 3. The van der Waals surface area contributed by atoms with Crippen LogP contribution in [0.15, 0.2) is 72.8 Å². The van der Waals surface area contributed by atoms with E-state index in [1.165, 1.54) is 18.2 Å². The highest BCUT2D eigenvalue weighted by Gasteiger charge is 2.36. The molecule has 132 valence electrons. The number of rotatable bonds is 3. The monoisotopic (exact) mass is 360 g/mol. The van der Waals surface area contributed by atoms with Crippen LogP contribution in [0, 0.1) is 5.82 Å². The summed E-state index contributed by atoms with van der Waals surface area (Å²) in [6.07, 6.45) is 0. The van der Waals surface area contributed by atoms with E-state index in [9.17, 15) is 18.8 Å². The summed E-state index contributed by atoms with van der Waals surface area (Å²) in [5.41, 5.74) is 1.80. The molecule has 4 rings (SSSR count). The number of hydrogen-bond donors (Lipinski definition) is 1. The van der Waals surface area contributed by atoms with Gasteiger partial charge in [-0.3, -0.25) is 14.4 Å². The van der Waals surface area contributed by atoms with Crippen LogP contribution >= 0.6 is 0 Å². The molecule has 1 aliphatic rings. The van der Waals surface area contributed by atoms with Crippen LogP contribution in [-0.4, -0.2) is 17.7 Å². The molecule has 27 heavy (non-hydrogen) atoms. The van der Waals surface area contributed by atoms with Gasteiger partial charge in [0, 0.05) is 11.3 Å². The largest absolute Gasteiger partial charge is 0.322 e. The minimum atomic E-state index is -0.497. The lowest BCUT2D eigenvalue weighted by molar-refractivity contribution is 0.0924. The van der Waals surface area contributed by atoms with Gasteiger partial charge in [-0.25, -0.2) is 9.29 Å². The second-order valence-electron chi connectivity index (χ2n) is 6.00. The fourth-order valence-electron chi connectivity index (χ4n) is 2.95. The lowest BCUT2D eigenvalue weighted by Crippen LogP contribution is -2.29. The van der Waals surface area contributed by atoms with E-state index in [0.29, 0.717) is 22.5 Å². The summed E-state index contributed by atoms with van der Waals surface area (Å²) in [5.74, 6) is -1.72. The van der Waals surface area contributed by atoms with Crippen molar-refractivity contribution in [3.63, 3.8) is 0 Å². The molecule has 5 nitrogen and oxygen atoms in total. The molecule has 0 atom stereocenters. The van der Waals surface area contributed by atoms with Crippen molar-refractivity contribution in [2.24, 2.45) is 0 Å². The quantitative estimate of drug-likeness (QED) is 0.721. The fraction of sp³-hybridized carbons (Fsp3) is 0. The molecule has 0 unspecified atom stereocenters. The highest BCUT2D eigenvalue weighted by molar-refractivity contribution is 6.34. The number of nitrogens with zero attached hydrogens (tertiary/aromatic N) is 1. The predicted molar refractivity (Wildman–Crippen MR) is 98.4 cm³/mol. The molecule has 1 heterocycles. The molecule has 6 heteroatoms. The maximum atomic E-state index is 13.2. The minimum Gasteiger partial charge on any atom is -0.322 e. The summed E-state index contributed by atoms with van der Waals surface area (Å²) in [4.78, 5) is 38.2. The van der Waals surface area contributed by atoms with Crippen LogP contribution in [-0.2, 0) is 0 Å². The zero-order chi connectivity index (χ0) is 19.0. The number of carbonyl (C=O) groups excluding carboxylic acids is 3. The average molecular weight is 360 g/mol. The number of fused-ring (bicyclic) bond motifs is 1. The summed E-state index contributed by atoms with van der Waals surface area (Å²) >= 11 is 0. The van der Waals surface area contributed by atoms with E-state index in [4.69, 9.17) is 0 Å². The summed E-state index contributed by atoms with van der Waals surface area (Å²) < 4.78 is 13.2. The predicted octanol–water partition coefficient (Wildman–Crippen LogP) is 3.88. The Morgan fingerprint density at radius 3 is 2.04 bits per heavy atom. The van der Waals surface area contributed by atoms with Gasteiger partial charge < -0.3 is 5.32 Å². The molecule has 3 aromatic carbocycles. The third kappa shape index (κ3) is 2.97. The average Bonchev–Trinajstić information content (AvgIpc) is 2.93. The molecule has 0 bridgehead atoms. The smallest absolute Gasteiger partial charge is 0.266 e. The van der Waals surface area contributed by atoms with Crippen LogP contribution in [0.3, 0.4) is 0 Å². The normalized spacial score (nSPS) is 12.9. The molecular weight excluding hydrogens is 347 g/mol. The molecule has 3 aromatic rings. The number of nitrogens with one attached hydrogen (secondary N) is 1. The first-order valence-electron chi connectivity index (χ1n) is 8.19. The van der Waals surface area contributed by atoms with Crippen LogP contribution in [0.5, 0.6) is 0 Å². The number of amides is 3. The van der Waals surface area contributed by atoms with Gasteiger partial charge in [0.15, 0.2) is 0 Å². The van der Waals surface area contributed by atoms with Crippen molar-refractivity contribution in [3.05, 3.63) is 95.3 Å². The SMILES string of the molecule is O=C(Nc1ccc(N2C(=O)c3ccccc3C2=O)cc1)c1cccc(F)c1. The number of anilines is 2. The number of benzene rings is 3. The molecule has 0 fully saturated rings. The van der Waals surface area contributed by atoms with Gasteiger partial charge in [0.25, 0.3) is 17.7 Å². The first-order chi connectivity index (χ1) is 13.0. The summed E-state index contributed by atoms with van der Waals surface area (Å²) in [6.45, 7) is 0. The Morgan fingerprint density at radius 1 is 0.815 bits per heavy atom. The molecule has 0 aliphatic carbocycles. The lowest BCUT2D eigenvalue weighted by Gasteiger charge is -2.14. The van der Waals surface area contributed by atoms with Crippen molar-refractivity contribution in [2.75, 3.05) is 10.2 Å². The fourth-order valence-corrected chi connectivity index (χ4v) is 2.95. The Kier molecular flexibility index (Phi) is 4.01. The van der Waals surface area contributed by atoms with E-state index in [-0.39, 0.29) is 17.4 Å². The lowest BCUT2D eigenvalue weighted by atomic mass is 10.1. The first-order valence-corrected chi connectivity index (χ1v) is 8.19. The standard InChI is InChI=1S/C21H13FN2O3/c22-14-5-3-4-13(12-14)19(25)23-15-8-10-16(11-9-15)24-20(26)17-6-1-2-7-18(17)21(24)27/h1-12H,(H,23,25). The highest BCUT2D eigenvalue weighted by Crippen LogP contribution is 2.29. The molecule has 0 saturated carbocycles. The van der Waals surface area contributed by atoms with Crippen LogP contribution in [0.25, 0.3) is 0 Å². The topological polar surface area (TPSA) is 66.5 Å². The van der Waals surface area contributed by atoms with Crippen LogP contribution in [0.1, 0.15) is 31.1 Å². The van der Waals surface area contributed by atoms with Crippen LogP contribution < -0.4 is 10.2 Å². The summed E-state index contributed by atoms with van der Waals surface area (Å²) in [6, 6.07) is 18.3. The summed E-state index contributed by atoms with van der Waals surface area (Å²) in [7, 11) is 0. The molecule has 0 spiro atoms. The van der Waals surface area contributed by atoms with E-state index in [0.717, 1.165) is 11.0 Å². The molecule has 0 aromatic heterocycles. The second kappa shape index (κ2) is 6.49. The number of halogens is 1. The van der Waals surface area contributed by atoms with E-state index in [2.05, 4.69) is 5.32 Å². The van der Waals surface area contributed by atoms with Gasteiger partial charge in [-0.2, -0.15) is 0 Å². The minimum absolute atomic E-state index is 0.194. The van der Waals surface area contributed by atoms with Crippen LogP contribution in [0.4, 0.5) is 15.8 Å². The maximum absolute atomic E-state index is 13.2. The Labute approximate surface area is 154 Å². The summed E-state index contributed by atoms with van der Waals surface area (Å²) in [5, 5.41) is 2.65. The zero-order valence-electron chi connectivity index (χ0n) is 14.0. The van der Waals surface area contributed by atoms with Gasteiger partial charge in [-0.1, -0.05) is 18.2 Å². The molecule has 0 saturated heterocycles. The van der Waals surface area contributed by atoms with Gasteiger partial charge in [0.2, 0.25) is 0 Å². The van der Waals surface area contributed by atoms with E-state index in [1.54, 1.807) is 48.5 Å². The zero-order valence-corrected chi connectivity index (χ0v) is 14.0. The molecular formula is C21H13FN2O3. The third-order valence-electron chi connectivity index (χ3n) is 4.26. The van der Waals surface area contributed by atoms with Crippen molar-refractivity contribution >= 4 is 29.1 Å². The Balaban J connectivity index is 1.54. The Hall–Kier alpha value is -3.80. The maximum Gasteiger partial charge on any atom is 0.266 e. The van der Waals surface area contributed by atoms with Gasteiger partial charge in [0.05, 0.1) is 16.8 Å². The Morgan fingerprint density at radius 2 is 1.44 bits per heavy atom. The molecule has 1 aliphatic heterocycles. The van der Waals surface area contributed by atoms with Gasteiger partial charge >= 0.3 is 0 Å². The van der Waals surface area contributed by atoms with Crippen molar-refractivity contribution in [2.45, 2.75) is 0 Å². The van der Waals surface area contributed by atoms with E-state index < -0.39 is 11.7 Å². The highest BCUT2D eigenvalue weighted by atomic mass is 19.1. The van der Waals surface area contributed by atoms with Crippen LogP contribution in [0.2, 0.25) is 0 Å².